The van der Waals surface area contributed by atoms with Crippen LogP contribution in [0, 0.1) is 6.92 Å². The number of hydrogen-bond donors (Lipinski definition) is 3. The monoisotopic (exact) mass is 537 g/mol. The van der Waals surface area contributed by atoms with Crippen molar-refractivity contribution in [2.75, 3.05) is 27.3 Å². The fourth-order valence-electron chi connectivity index (χ4n) is 4.72. The van der Waals surface area contributed by atoms with E-state index in [0.717, 1.165) is 10.1 Å². The lowest BCUT2D eigenvalue weighted by Gasteiger charge is -2.21. The minimum Gasteiger partial charge on any atom is -0.456 e. The highest BCUT2D eigenvalue weighted by Crippen LogP contribution is 2.37. The van der Waals surface area contributed by atoms with Crippen molar-refractivity contribution in [3.63, 3.8) is 0 Å². The lowest BCUT2D eigenvalue weighted by molar-refractivity contribution is 0.0652. The SMILES string of the molecule is CNC(=O)NC(=O)n1c(C)cc2cc(Oc3ccnc4cc(C(=O)N5CC(OC)CC5CO)sc34)ccc21. The van der Waals surface area contributed by atoms with Crippen LogP contribution >= 0.6 is 11.3 Å². The number of rotatable bonds is 5. The molecule has 4 heterocycles. The van der Waals surface area contributed by atoms with E-state index in [-0.39, 0.29) is 24.7 Å². The van der Waals surface area contributed by atoms with Gasteiger partial charge in [-0.25, -0.2) is 9.59 Å². The van der Waals surface area contributed by atoms with E-state index in [1.165, 1.54) is 23.0 Å². The maximum absolute atomic E-state index is 13.3. The number of thiophene rings is 1. The molecule has 0 aliphatic carbocycles. The highest BCUT2D eigenvalue weighted by atomic mass is 32.1. The number of likely N-dealkylation sites (tertiary alicyclic amines) is 1. The Morgan fingerprint density at radius 2 is 2.03 bits per heavy atom. The number of imide groups is 1. The molecule has 1 fully saturated rings. The van der Waals surface area contributed by atoms with Crippen molar-refractivity contribution in [1.82, 2.24) is 25.1 Å². The zero-order valence-electron chi connectivity index (χ0n) is 21.1. The van der Waals surface area contributed by atoms with Gasteiger partial charge in [0.05, 0.1) is 39.4 Å². The van der Waals surface area contributed by atoms with Gasteiger partial charge in [-0.2, -0.15) is 0 Å². The lowest BCUT2D eigenvalue weighted by Crippen LogP contribution is -2.40. The van der Waals surface area contributed by atoms with Crippen LogP contribution in [0.5, 0.6) is 11.5 Å². The minimum atomic E-state index is -0.596. The molecule has 4 aromatic rings. The Balaban J connectivity index is 1.41. The maximum Gasteiger partial charge on any atom is 0.334 e. The Hall–Kier alpha value is -4.00. The lowest BCUT2D eigenvalue weighted by atomic mass is 10.2. The number of amides is 4. The van der Waals surface area contributed by atoms with E-state index < -0.39 is 12.1 Å². The highest BCUT2D eigenvalue weighted by Gasteiger charge is 2.36. The number of nitrogens with zero attached hydrogens (tertiary/aromatic N) is 3. The summed E-state index contributed by atoms with van der Waals surface area (Å²) in [5.74, 6) is 0.908. The molecule has 2 atom stereocenters. The third-order valence-electron chi connectivity index (χ3n) is 6.60. The predicted octanol–water partition coefficient (Wildman–Crippen LogP) is 3.47. The van der Waals surface area contributed by atoms with E-state index in [0.29, 0.717) is 46.1 Å². The third kappa shape index (κ3) is 4.69. The van der Waals surface area contributed by atoms with E-state index in [1.807, 2.05) is 6.07 Å². The molecule has 1 aliphatic rings. The summed E-state index contributed by atoms with van der Waals surface area (Å²) in [6.07, 6.45) is 2.10. The molecular weight excluding hydrogens is 510 g/mol. The summed E-state index contributed by atoms with van der Waals surface area (Å²) in [5.41, 5.74) is 1.91. The summed E-state index contributed by atoms with van der Waals surface area (Å²) < 4.78 is 13.7. The first-order valence-electron chi connectivity index (χ1n) is 12.0. The van der Waals surface area contributed by atoms with Crippen LogP contribution in [0.25, 0.3) is 21.1 Å². The topological polar surface area (TPSA) is 135 Å². The van der Waals surface area contributed by atoms with Crippen molar-refractivity contribution in [1.29, 1.82) is 0 Å². The van der Waals surface area contributed by atoms with Crippen molar-refractivity contribution in [3.8, 4) is 11.5 Å². The van der Waals surface area contributed by atoms with Gasteiger partial charge < -0.3 is 24.8 Å². The van der Waals surface area contributed by atoms with Crippen LogP contribution in [0.4, 0.5) is 9.59 Å². The van der Waals surface area contributed by atoms with Crippen LogP contribution in [0.2, 0.25) is 0 Å². The first kappa shape index (κ1) is 25.6. The summed E-state index contributed by atoms with van der Waals surface area (Å²) in [4.78, 5) is 44.0. The Morgan fingerprint density at radius 1 is 1.21 bits per heavy atom. The molecular formula is C26H27N5O6S. The second kappa shape index (κ2) is 10.4. The number of hydrogen-bond acceptors (Lipinski definition) is 8. The Morgan fingerprint density at radius 3 is 2.76 bits per heavy atom. The third-order valence-corrected chi connectivity index (χ3v) is 7.73. The number of urea groups is 1. The number of aryl methyl sites for hydroxylation is 1. The molecule has 0 bridgehead atoms. The molecule has 12 heteroatoms. The molecule has 1 saturated heterocycles. The molecule has 2 unspecified atom stereocenters. The van der Waals surface area contributed by atoms with Gasteiger partial charge in [0.15, 0.2) is 0 Å². The standard InChI is InChI=1S/C26H27N5O6S/c1-14-8-15-9-17(4-5-20(15)31(14)26(35)29-25(34)27-2)37-21-6-7-28-19-11-22(38-23(19)21)24(33)30-12-18(36-3)10-16(30)13-32/h4-9,11,16,18,32H,10,12-13H2,1-3H3,(H2,27,29,34,35). The van der Waals surface area contributed by atoms with Gasteiger partial charge >= 0.3 is 12.1 Å². The van der Waals surface area contributed by atoms with Crippen molar-refractivity contribution >= 4 is 50.4 Å². The number of pyridine rings is 1. The maximum atomic E-state index is 13.3. The summed E-state index contributed by atoms with van der Waals surface area (Å²) in [6, 6.07) is 9.14. The fourth-order valence-corrected chi connectivity index (χ4v) is 5.74. The molecule has 38 heavy (non-hydrogen) atoms. The summed E-state index contributed by atoms with van der Waals surface area (Å²) in [6.45, 7) is 2.07. The molecule has 5 rings (SSSR count). The van der Waals surface area contributed by atoms with Crippen molar-refractivity contribution < 1.29 is 29.0 Å². The Labute approximate surface area is 222 Å². The fraction of sp³-hybridized carbons (Fsp3) is 0.308. The zero-order chi connectivity index (χ0) is 27.0. The molecule has 198 valence electrons. The van der Waals surface area contributed by atoms with Gasteiger partial charge in [0.2, 0.25) is 0 Å². The second-order valence-electron chi connectivity index (χ2n) is 8.97. The van der Waals surface area contributed by atoms with Gasteiger partial charge in [0.25, 0.3) is 5.91 Å². The number of fused-ring (bicyclic) bond motifs is 2. The van der Waals surface area contributed by atoms with Gasteiger partial charge in [-0.15, -0.1) is 11.3 Å². The number of aliphatic hydroxyl groups excluding tert-OH is 1. The number of carbonyl (C=O) groups excluding carboxylic acids is 3. The number of aliphatic hydroxyl groups is 1. The van der Waals surface area contributed by atoms with Crippen molar-refractivity contribution in [3.05, 3.63) is 53.2 Å². The molecule has 3 N–H and O–H groups in total. The number of nitrogens with one attached hydrogen (secondary N) is 2. The summed E-state index contributed by atoms with van der Waals surface area (Å²) in [5, 5.41) is 15.1. The summed E-state index contributed by atoms with van der Waals surface area (Å²) >= 11 is 1.29. The predicted molar refractivity (Wildman–Crippen MR) is 142 cm³/mol. The number of aromatic nitrogens is 2. The van der Waals surface area contributed by atoms with Crippen molar-refractivity contribution in [2.45, 2.75) is 25.5 Å². The molecule has 1 aliphatic heterocycles. The van der Waals surface area contributed by atoms with Crippen molar-refractivity contribution in [2.24, 2.45) is 0 Å². The molecule has 3 aromatic heterocycles. The first-order chi connectivity index (χ1) is 18.3. The first-order valence-corrected chi connectivity index (χ1v) is 12.8. The van der Waals surface area contributed by atoms with Gasteiger partial charge in [-0.05, 0) is 43.7 Å². The largest absolute Gasteiger partial charge is 0.456 e. The molecule has 0 radical (unpaired) electrons. The van der Waals surface area contributed by atoms with Crippen LogP contribution in [-0.2, 0) is 4.74 Å². The number of benzene rings is 1. The average molecular weight is 538 g/mol. The van der Waals surface area contributed by atoms with Gasteiger partial charge in [0.1, 0.15) is 11.5 Å². The minimum absolute atomic E-state index is 0.106. The van der Waals surface area contributed by atoms with Gasteiger partial charge in [0, 0.05) is 44.0 Å². The zero-order valence-corrected chi connectivity index (χ0v) is 21.9. The van der Waals surface area contributed by atoms with Gasteiger partial charge in [-0.1, -0.05) is 0 Å². The van der Waals surface area contributed by atoms with Crippen LogP contribution in [0.15, 0.2) is 42.6 Å². The number of methoxy groups -OCH3 is 1. The number of ether oxygens (including phenoxy) is 2. The van der Waals surface area contributed by atoms with Crippen LogP contribution in [0.1, 0.15) is 21.8 Å². The summed E-state index contributed by atoms with van der Waals surface area (Å²) in [7, 11) is 3.04. The highest BCUT2D eigenvalue weighted by molar-refractivity contribution is 7.21. The van der Waals surface area contributed by atoms with E-state index in [4.69, 9.17) is 9.47 Å². The second-order valence-corrected chi connectivity index (χ2v) is 10.0. The quantitative estimate of drug-likeness (QED) is 0.355. The van der Waals surface area contributed by atoms with Crippen LogP contribution in [-0.4, -0.2) is 77.0 Å². The molecule has 1 aromatic carbocycles. The molecule has 0 spiro atoms. The molecule has 11 nitrogen and oxygen atoms in total. The van der Waals surface area contributed by atoms with E-state index in [2.05, 4.69) is 15.6 Å². The average Bonchev–Trinajstić information content (AvgIpc) is 3.62. The normalized spacial score (nSPS) is 17.2. The smallest absolute Gasteiger partial charge is 0.334 e. The Bertz CT molecular complexity index is 1550. The Kier molecular flexibility index (Phi) is 7.02. The number of carbonyl (C=O) groups is 3. The molecule has 4 amide bonds. The van der Waals surface area contributed by atoms with E-state index in [1.54, 1.807) is 55.5 Å². The molecule has 0 saturated carbocycles. The van der Waals surface area contributed by atoms with Crippen LogP contribution < -0.4 is 15.4 Å². The van der Waals surface area contributed by atoms with Crippen LogP contribution in [0.3, 0.4) is 0 Å². The van der Waals surface area contributed by atoms with Gasteiger partial charge in [-0.3, -0.25) is 19.7 Å². The van der Waals surface area contributed by atoms with E-state index in [9.17, 15) is 19.5 Å². The van der Waals surface area contributed by atoms with E-state index >= 15 is 0 Å².